The van der Waals surface area contributed by atoms with Gasteiger partial charge >= 0.3 is 12.1 Å². The lowest BCUT2D eigenvalue weighted by Crippen LogP contribution is -2.36. The molecule has 0 aliphatic carbocycles. The minimum atomic E-state index is -4.54. The quantitative estimate of drug-likeness (QED) is 0.796. The Balaban J connectivity index is 2.32. The third-order valence-electron chi connectivity index (χ3n) is 2.20. The van der Waals surface area contributed by atoms with E-state index in [-0.39, 0.29) is 11.3 Å². The van der Waals surface area contributed by atoms with Crippen molar-refractivity contribution in [2.45, 2.75) is 6.18 Å². The number of alkyl halides is 3. The molecule has 0 saturated heterocycles. The molecule has 1 aromatic carbocycles. The molecule has 9 heteroatoms. The average molecular weight is 316 g/mol. The van der Waals surface area contributed by atoms with Gasteiger partial charge in [-0.15, -0.1) is 0 Å². The maximum atomic E-state index is 11.8. The summed E-state index contributed by atoms with van der Waals surface area (Å²) in [5.41, 5.74) is 0.207. The second-order valence-electron chi connectivity index (χ2n) is 3.95. The summed E-state index contributed by atoms with van der Waals surface area (Å²) in [6, 6.07) is 7.99. The van der Waals surface area contributed by atoms with Crippen molar-refractivity contribution in [1.29, 1.82) is 5.26 Å². The van der Waals surface area contributed by atoms with Gasteiger partial charge in [-0.2, -0.15) is 18.4 Å². The summed E-state index contributed by atoms with van der Waals surface area (Å²) in [6.45, 7) is -2.93. The first-order chi connectivity index (χ1) is 10.3. The molecule has 1 rings (SSSR count). The number of nitriles is 1. The van der Waals surface area contributed by atoms with Crippen LogP contribution in [0, 0.1) is 11.3 Å². The van der Waals surface area contributed by atoms with Gasteiger partial charge in [0.1, 0.15) is 18.4 Å². The van der Waals surface area contributed by atoms with Gasteiger partial charge in [0, 0.05) is 0 Å². The second kappa shape index (κ2) is 7.87. The third kappa shape index (κ3) is 6.60. The van der Waals surface area contributed by atoms with Crippen molar-refractivity contribution >= 4 is 11.9 Å². The van der Waals surface area contributed by atoms with E-state index in [0.29, 0.717) is 0 Å². The first-order valence-corrected chi connectivity index (χ1v) is 5.93. The number of esters is 1. The van der Waals surface area contributed by atoms with Crippen molar-refractivity contribution in [3.8, 4) is 11.8 Å². The molecule has 0 radical (unpaired) electrons. The maximum absolute atomic E-state index is 11.8. The molecule has 1 N–H and O–H groups in total. The van der Waals surface area contributed by atoms with Gasteiger partial charge in [-0.1, -0.05) is 12.1 Å². The molecule has 0 bridgehead atoms. The second-order valence-corrected chi connectivity index (χ2v) is 3.95. The number of carbonyl (C=O) groups is 2. The van der Waals surface area contributed by atoms with E-state index in [9.17, 15) is 22.8 Å². The zero-order valence-corrected chi connectivity index (χ0v) is 11.1. The van der Waals surface area contributed by atoms with Crippen LogP contribution in [0.2, 0.25) is 0 Å². The lowest BCUT2D eigenvalue weighted by atomic mass is 10.2. The van der Waals surface area contributed by atoms with Gasteiger partial charge < -0.3 is 14.8 Å². The topological polar surface area (TPSA) is 88.4 Å². The van der Waals surface area contributed by atoms with Crippen LogP contribution in [0.1, 0.15) is 5.56 Å². The number of benzene rings is 1. The van der Waals surface area contributed by atoms with E-state index in [1.54, 1.807) is 17.4 Å². The van der Waals surface area contributed by atoms with Crippen LogP contribution < -0.4 is 10.1 Å². The number of rotatable bonds is 6. The number of para-hydroxylation sites is 1. The van der Waals surface area contributed by atoms with E-state index >= 15 is 0 Å². The molecular weight excluding hydrogens is 305 g/mol. The van der Waals surface area contributed by atoms with Gasteiger partial charge in [0.15, 0.2) is 13.2 Å². The fourth-order valence-electron chi connectivity index (χ4n) is 1.26. The summed E-state index contributed by atoms with van der Waals surface area (Å²) in [5.74, 6) is -1.87. The average Bonchev–Trinajstić information content (AvgIpc) is 2.48. The zero-order chi connectivity index (χ0) is 16.6. The molecule has 0 spiro atoms. The number of ether oxygens (including phenoxy) is 2. The number of hydrogen-bond acceptors (Lipinski definition) is 5. The summed E-state index contributed by atoms with van der Waals surface area (Å²) in [5, 5.41) is 10.3. The van der Waals surface area contributed by atoms with E-state index in [1.807, 2.05) is 6.07 Å². The minimum Gasteiger partial charge on any atom is -0.481 e. The van der Waals surface area contributed by atoms with Gasteiger partial charge in [0.2, 0.25) is 0 Å². The number of halogens is 3. The molecule has 0 heterocycles. The first-order valence-electron chi connectivity index (χ1n) is 5.93. The van der Waals surface area contributed by atoms with Crippen molar-refractivity contribution in [2.24, 2.45) is 0 Å². The lowest BCUT2D eigenvalue weighted by Gasteiger charge is -2.09. The largest absolute Gasteiger partial charge is 0.481 e. The van der Waals surface area contributed by atoms with Crippen LogP contribution in [-0.4, -0.2) is 37.8 Å². The van der Waals surface area contributed by atoms with Crippen LogP contribution in [0.25, 0.3) is 0 Å². The molecule has 22 heavy (non-hydrogen) atoms. The van der Waals surface area contributed by atoms with Gasteiger partial charge in [-0.25, -0.2) is 4.79 Å². The fourth-order valence-corrected chi connectivity index (χ4v) is 1.26. The molecule has 1 aromatic rings. The van der Waals surface area contributed by atoms with Crippen LogP contribution in [0.4, 0.5) is 13.2 Å². The van der Waals surface area contributed by atoms with E-state index in [4.69, 9.17) is 10.00 Å². The standard InChI is InChI=1S/C13H11F3N2O4/c14-13(15,16)8-18-11(19)6-22-12(20)7-21-10-4-2-1-3-9(10)5-17/h1-4H,6-8H2,(H,18,19). The van der Waals surface area contributed by atoms with E-state index < -0.39 is 37.8 Å². The predicted octanol–water partition coefficient (Wildman–Crippen LogP) is 1.16. The molecule has 0 unspecified atom stereocenters. The van der Waals surface area contributed by atoms with E-state index in [1.165, 1.54) is 12.1 Å². The smallest absolute Gasteiger partial charge is 0.405 e. The Labute approximate surface area is 123 Å². The highest BCUT2D eigenvalue weighted by Gasteiger charge is 2.27. The normalized spacial score (nSPS) is 10.5. The Morgan fingerprint density at radius 1 is 1.23 bits per heavy atom. The molecule has 0 saturated carbocycles. The number of nitrogens with zero attached hydrogens (tertiary/aromatic N) is 1. The molecule has 0 fully saturated rings. The summed E-state index contributed by atoms with van der Waals surface area (Å²) < 4.78 is 44.9. The lowest BCUT2D eigenvalue weighted by molar-refractivity contribution is -0.152. The maximum Gasteiger partial charge on any atom is 0.405 e. The van der Waals surface area contributed by atoms with Crippen LogP contribution in [-0.2, 0) is 14.3 Å². The van der Waals surface area contributed by atoms with Crippen molar-refractivity contribution in [3.63, 3.8) is 0 Å². The van der Waals surface area contributed by atoms with E-state index in [0.717, 1.165) is 0 Å². The van der Waals surface area contributed by atoms with Crippen molar-refractivity contribution in [2.75, 3.05) is 19.8 Å². The van der Waals surface area contributed by atoms with Crippen LogP contribution in [0.5, 0.6) is 5.75 Å². The van der Waals surface area contributed by atoms with Gasteiger partial charge in [0.05, 0.1) is 5.56 Å². The van der Waals surface area contributed by atoms with Crippen LogP contribution in [0.15, 0.2) is 24.3 Å². The third-order valence-corrected chi connectivity index (χ3v) is 2.20. The summed E-state index contributed by atoms with van der Waals surface area (Å²) in [4.78, 5) is 22.3. The molecule has 0 aliphatic rings. The Morgan fingerprint density at radius 3 is 2.55 bits per heavy atom. The minimum absolute atomic E-state index is 0.156. The number of amides is 1. The number of hydrogen-bond donors (Lipinski definition) is 1. The predicted molar refractivity (Wildman–Crippen MR) is 66.7 cm³/mol. The molecule has 6 nitrogen and oxygen atoms in total. The molecule has 0 atom stereocenters. The number of nitrogens with one attached hydrogen (secondary N) is 1. The van der Waals surface area contributed by atoms with Crippen molar-refractivity contribution in [3.05, 3.63) is 29.8 Å². The Bertz CT molecular complexity index is 581. The highest BCUT2D eigenvalue weighted by atomic mass is 19.4. The van der Waals surface area contributed by atoms with Crippen LogP contribution >= 0.6 is 0 Å². The number of carbonyl (C=O) groups excluding carboxylic acids is 2. The monoisotopic (exact) mass is 316 g/mol. The summed E-state index contributed by atoms with van der Waals surface area (Å²) in [6.07, 6.45) is -4.54. The summed E-state index contributed by atoms with van der Waals surface area (Å²) >= 11 is 0. The van der Waals surface area contributed by atoms with Crippen LogP contribution in [0.3, 0.4) is 0 Å². The van der Waals surface area contributed by atoms with Gasteiger partial charge in [-0.3, -0.25) is 4.79 Å². The first kappa shape index (κ1) is 17.3. The SMILES string of the molecule is N#Cc1ccccc1OCC(=O)OCC(=O)NCC(F)(F)F. The highest BCUT2D eigenvalue weighted by molar-refractivity contribution is 5.80. The Kier molecular flexibility index (Phi) is 6.19. The van der Waals surface area contributed by atoms with Gasteiger partial charge in [0.25, 0.3) is 5.91 Å². The Hall–Kier alpha value is -2.76. The fraction of sp³-hybridized carbons (Fsp3) is 0.308. The molecule has 0 aromatic heterocycles. The summed E-state index contributed by atoms with van der Waals surface area (Å²) in [7, 11) is 0. The molecular formula is C13H11F3N2O4. The van der Waals surface area contributed by atoms with Crippen molar-refractivity contribution in [1.82, 2.24) is 5.32 Å². The molecule has 118 valence electrons. The molecule has 0 aliphatic heterocycles. The molecule has 1 amide bonds. The van der Waals surface area contributed by atoms with E-state index in [2.05, 4.69) is 4.74 Å². The van der Waals surface area contributed by atoms with Crippen molar-refractivity contribution < 1.29 is 32.2 Å². The Morgan fingerprint density at radius 2 is 1.91 bits per heavy atom. The highest BCUT2D eigenvalue weighted by Crippen LogP contribution is 2.16. The zero-order valence-electron chi connectivity index (χ0n) is 11.1. The van der Waals surface area contributed by atoms with Gasteiger partial charge in [-0.05, 0) is 12.1 Å².